The summed E-state index contributed by atoms with van der Waals surface area (Å²) in [6, 6.07) is 0. The highest BCUT2D eigenvalue weighted by Crippen LogP contribution is 2.39. The molecule has 1 amide bonds. The Morgan fingerprint density at radius 3 is 2.37 bits per heavy atom. The quantitative estimate of drug-likeness (QED) is 0.820. The van der Waals surface area contributed by atoms with Gasteiger partial charge in [0.15, 0.2) is 0 Å². The molecule has 0 aromatic rings. The lowest BCUT2D eigenvalue weighted by atomic mass is 9.69. The van der Waals surface area contributed by atoms with Gasteiger partial charge in [-0.3, -0.25) is 4.79 Å². The van der Waals surface area contributed by atoms with E-state index in [-0.39, 0.29) is 16.9 Å². The van der Waals surface area contributed by atoms with Crippen molar-refractivity contribution in [3.8, 4) is 0 Å². The van der Waals surface area contributed by atoms with Crippen LogP contribution in [0.5, 0.6) is 0 Å². The normalized spacial score (nSPS) is 34.8. The fourth-order valence-electron chi connectivity index (χ4n) is 3.19. The van der Waals surface area contributed by atoms with Crippen LogP contribution in [0.15, 0.2) is 0 Å². The van der Waals surface area contributed by atoms with E-state index in [1.54, 1.807) is 0 Å². The second-order valence-corrected chi connectivity index (χ2v) is 6.79. The van der Waals surface area contributed by atoms with Gasteiger partial charge in [0.2, 0.25) is 5.91 Å². The van der Waals surface area contributed by atoms with Gasteiger partial charge in [0.1, 0.15) is 0 Å². The van der Waals surface area contributed by atoms with E-state index < -0.39 is 0 Å². The molecule has 3 N–H and O–H groups in total. The molecule has 110 valence electrons. The second kappa shape index (κ2) is 5.80. The highest BCUT2D eigenvalue weighted by molar-refractivity contribution is 5.83. The number of carbonyl (C=O) groups is 1. The van der Waals surface area contributed by atoms with Gasteiger partial charge in [-0.05, 0) is 51.4 Å². The summed E-state index contributed by atoms with van der Waals surface area (Å²) in [5.74, 6) is 0.900. The maximum atomic E-state index is 12.7. The van der Waals surface area contributed by atoms with E-state index in [9.17, 15) is 4.79 Å². The Bertz CT molecular complexity index is 316. The molecule has 19 heavy (non-hydrogen) atoms. The number of rotatable bonds is 3. The van der Waals surface area contributed by atoms with Crippen LogP contribution in [-0.2, 0) is 9.53 Å². The Morgan fingerprint density at radius 1 is 1.26 bits per heavy atom. The fourth-order valence-corrected chi connectivity index (χ4v) is 3.19. The van der Waals surface area contributed by atoms with Crippen molar-refractivity contribution >= 4 is 5.91 Å². The molecule has 1 aliphatic heterocycles. The lowest BCUT2D eigenvalue weighted by Gasteiger charge is -2.42. The van der Waals surface area contributed by atoms with Crippen LogP contribution < -0.4 is 11.1 Å². The largest absolute Gasteiger partial charge is 0.381 e. The third-order valence-electron chi connectivity index (χ3n) is 5.12. The number of amides is 1. The van der Waals surface area contributed by atoms with E-state index in [4.69, 9.17) is 10.5 Å². The summed E-state index contributed by atoms with van der Waals surface area (Å²) in [6.07, 6.45) is 5.90. The Hall–Kier alpha value is -0.610. The first-order chi connectivity index (χ1) is 9.00. The minimum absolute atomic E-state index is 0.111. The van der Waals surface area contributed by atoms with Crippen molar-refractivity contribution in [3.63, 3.8) is 0 Å². The van der Waals surface area contributed by atoms with Crippen LogP contribution >= 0.6 is 0 Å². The number of nitrogens with one attached hydrogen (secondary N) is 1. The Morgan fingerprint density at radius 2 is 1.84 bits per heavy atom. The van der Waals surface area contributed by atoms with E-state index in [0.29, 0.717) is 6.54 Å². The van der Waals surface area contributed by atoms with E-state index in [1.165, 1.54) is 0 Å². The second-order valence-electron chi connectivity index (χ2n) is 6.79. The topological polar surface area (TPSA) is 64.4 Å². The van der Waals surface area contributed by atoms with Gasteiger partial charge in [-0.15, -0.1) is 0 Å². The van der Waals surface area contributed by atoms with E-state index in [1.807, 2.05) is 0 Å². The molecule has 0 radical (unpaired) electrons. The molecule has 1 saturated carbocycles. The maximum absolute atomic E-state index is 12.7. The van der Waals surface area contributed by atoms with Crippen LogP contribution in [0.3, 0.4) is 0 Å². The van der Waals surface area contributed by atoms with Crippen LogP contribution in [0.2, 0.25) is 0 Å². The fraction of sp³-hybridized carbons (Fsp3) is 0.933. The van der Waals surface area contributed by atoms with Gasteiger partial charge < -0.3 is 15.8 Å². The average Bonchev–Trinajstić information content (AvgIpc) is 2.40. The summed E-state index contributed by atoms with van der Waals surface area (Å²) in [4.78, 5) is 12.7. The highest BCUT2D eigenvalue weighted by atomic mass is 16.5. The molecule has 0 aromatic carbocycles. The van der Waals surface area contributed by atoms with Gasteiger partial charge >= 0.3 is 0 Å². The van der Waals surface area contributed by atoms with E-state index in [2.05, 4.69) is 19.2 Å². The molecule has 2 fully saturated rings. The molecule has 2 aliphatic rings. The minimum Gasteiger partial charge on any atom is -0.381 e. The lowest BCUT2D eigenvalue weighted by molar-refractivity contribution is -0.136. The van der Waals surface area contributed by atoms with Crippen molar-refractivity contribution < 1.29 is 9.53 Å². The smallest absolute Gasteiger partial charge is 0.227 e. The number of hydrogen-bond acceptors (Lipinski definition) is 3. The summed E-state index contributed by atoms with van der Waals surface area (Å²) in [6.45, 7) is 6.34. The van der Waals surface area contributed by atoms with Gasteiger partial charge in [-0.2, -0.15) is 0 Å². The average molecular weight is 268 g/mol. The predicted octanol–water partition coefficient (Wildman–Crippen LogP) is 1.83. The predicted molar refractivity (Wildman–Crippen MR) is 75.7 cm³/mol. The molecule has 1 saturated heterocycles. The molecule has 0 aromatic heterocycles. The molecule has 0 bridgehead atoms. The summed E-state index contributed by atoms with van der Waals surface area (Å²) in [7, 11) is 0. The molecule has 4 nitrogen and oxygen atoms in total. The van der Waals surface area contributed by atoms with Crippen LogP contribution in [-0.4, -0.2) is 31.2 Å². The van der Waals surface area contributed by atoms with Crippen LogP contribution in [0.25, 0.3) is 0 Å². The minimum atomic E-state index is -0.326. The summed E-state index contributed by atoms with van der Waals surface area (Å²) < 4.78 is 5.38. The van der Waals surface area contributed by atoms with E-state index >= 15 is 0 Å². The SMILES string of the molecule is CC1CCC(CN)(C(=O)NC2(C)CCOCC2)CC1. The lowest BCUT2D eigenvalue weighted by Crippen LogP contribution is -2.56. The number of nitrogens with two attached hydrogens (primary N) is 1. The maximum Gasteiger partial charge on any atom is 0.227 e. The van der Waals surface area contributed by atoms with Gasteiger partial charge in [0.05, 0.1) is 5.41 Å². The number of hydrogen-bond donors (Lipinski definition) is 2. The zero-order valence-corrected chi connectivity index (χ0v) is 12.3. The van der Waals surface area contributed by atoms with Crippen LogP contribution in [0.4, 0.5) is 0 Å². The molecule has 4 heteroatoms. The molecule has 2 rings (SSSR count). The first kappa shape index (κ1) is 14.8. The third-order valence-corrected chi connectivity index (χ3v) is 5.12. The standard InChI is InChI=1S/C15H28N2O2/c1-12-3-5-15(11-16,6-4-12)13(18)17-14(2)7-9-19-10-8-14/h12H,3-11,16H2,1-2H3,(H,17,18). The van der Waals surface area contributed by atoms with Crippen LogP contribution in [0, 0.1) is 11.3 Å². The van der Waals surface area contributed by atoms with Gasteiger partial charge in [0, 0.05) is 25.3 Å². The zero-order valence-electron chi connectivity index (χ0n) is 12.3. The molecule has 1 heterocycles. The van der Waals surface area contributed by atoms with Crippen molar-refractivity contribution in [1.29, 1.82) is 0 Å². The first-order valence-corrected chi connectivity index (χ1v) is 7.60. The van der Waals surface area contributed by atoms with Gasteiger partial charge in [-0.1, -0.05) is 6.92 Å². The van der Waals surface area contributed by atoms with Crippen molar-refractivity contribution in [3.05, 3.63) is 0 Å². The Kier molecular flexibility index (Phi) is 4.51. The zero-order chi connectivity index (χ0) is 13.9. The molecule has 0 unspecified atom stereocenters. The van der Waals surface area contributed by atoms with Crippen molar-refractivity contribution in [2.45, 2.75) is 57.9 Å². The molecule has 0 atom stereocenters. The summed E-state index contributed by atoms with van der Waals surface area (Å²) in [5.41, 5.74) is 5.51. The van der Waals surface area contributed by atoms with Gasteiger partial charge in [-0.25, -0.2) is 0 Å². The molecule has 0 spiro atoms. The summed E-state index contributed by atoms with van der Waals surface area (Å²) >= 11 is 0. The number of carbonyl (C=O) groups excluding carboxylic acids is 1. The monoisotopic (exact) mass is 268 g/mol. The Balaban J connectivity index is 2.00. The van der Waals surface area contributed by atoms with E-state index in [0.717, 1.165) is 57.7 Å². The third kappa shape index (κ3) is 3.29. The highest BCUT2D eigenvalue weighted by Gasteiger charge is 2.42. The molecular weight excluding hydrogens is 240 g/mol. The molecular formula is C15H28N2O2. The summed E-state index contributed by atoms with van der Waals surface area (Å²) in [5, 5.41) is 3.27. The van der Waals surface area contributed by atoms with Gasteiger partial charge in [0.25, 0.3) is 0 Å². The van der Waals surface area contributed by atoms with Crippen molar-refractivity contribution in [2.75, 3.05) is 19.8 Å². The Labute approximate surface area is 116 Å². The molecule has 1 aliphatic carbocycles. The van der Waals surface area contributed by atoms with Crippen LogP contribution in [0.1, 0.15) is 52.4 Å². The number of ether oxygens (including phenoxy) is 1. The van der Waals surface area contributed by atoms with Crippen molar-refractivity contribution in [2.24, 2.45) is 17.1 Å². The first-order valence-electron chi connectivity index (χ1n) is 7.60. The van der Waals surface area contributed by atoms with Crippen molar-refractivity contribution in [1.82, 2.24) is 5.32 Å².